The predicted octanol–water partition coefficient (Wildman–Crippen LogP) is 2.75. The Morgan fingerprint density at radius 2 is 2.14 bits per heavy atom. The largest absolute Gasteiger partial charge is 0.336 e. The van der Waals surface area contributed by atoms with Gasteiger partial charge >= 0.3 is 0 Å². The molecule has 1 aromatic rings. The molecular weight excluding hydrogens is 270 g/mol. The van der Waals surface area contributed by atoms with Crippen molar-refractivity contribution in [2.45, 2.75) is 38.6 Å². The third-order valence-electron chi connectivity index (χ3n) is 3.63. The van der Waals surface area contributed by atoms with E-state index in [0.717, 1.165) is 12.8 Å². The van der Waals surface area contributed by atoms with E-state index in [1.807, 2.05) is 13.8 Å². The highest BCUT2D eigenvalue weighted by molar-refractivity contribution is 5.95. The molecule has 0 bridgehead atoms. The highest BCUT2D eigenvalue weighted by Gasteiger charge is 2.32. The fourth-order valence-corrected chi connectivity index (χ4v) is 2.24. The lowest BCUT2D eigenvalue weighted by molar-refractivity contribution is -0.385. The van der Waals surface area contributed by atoms with E-state index in [-0.39, 0.29) is 23.1 Å². The number of hydrogen-bond acceptors (Lipinski definition) is 4. The van der Waals surface area contributed by atoms with Crippen LogP contribution in [-0.4, -0.2) is 16.9 Å². The second kappa shape index (κ2) is 5.92. The van der Waals surface area contributed by atoms with Crippen molar-refractivity contribution in [3.05, 3.63) is 39.4 Å². The number of carbonyl (C=O) groups excluding carboxylic acids is 1. The van der Waals surface area contributed by atoms with Crippen molar-refractivity contribution >= 4 is 11.6 Å². The number of benzene rings is 1. The maximum atomic E-state index is 12.1. The van der Waals surface area contributed by atoms with Gasteiger partial charge in [0.2, 0.25) is 0 Å². The van der Waals surface area contributed by atoms with Crippen LogP contribution in [0.4, 0.5) is 5.69 Å². The van der Waals surface area contributed by atoms with Crippen LogP contribution in [0.25, 0.3) is 0 Å². The highest BCUT2D eigenvalue weighted by atomic mass is 16.6. The third kappa shape index (κ3) is 3.37. The van der Waals surface area contributed by atoms with E-state index in [9.17, 15) is 14.9 Å². The molecule has 21 heavy (non-hydrogen) atoms. The van der Waals surface area contributed by atoms with Gasteiger partial charge in [-0.25, -0.2) is 0 Å². The summed E-state index contributed by atoms with van der Waals surface area (Å²) in [7, 11) is 0. The Bertz CT molecular complexity index is 615. The van der Waals surface area contributed by atoms with Crippen LogP contribution < -0.4 is 5.32 Å². The van der Waals surface area contributed by atoms with Gasteiger partial charge in [0.1, 0.15) is 6.04 Å². The summed E-state index contributed by atoms with van der Waals surface area (Å²) in [6.45, 7) is 3.72. The zero-order valence-electron chi connectivity index (χ0n) is 12.0. The summed E-state index contributed by atoms with van der Waals surface area (Å²) < 4.78 is 0. The van der Waals surface area contributed by atoms with Crippen LogP contribution in [0.15, 0.2) is 18.2 Å². The normalized spacial score (nSPS) is 15.3. The van der Waals surface area contributed by atoms with E-state index in [4.69, 9.17) is 5.26 Å². The van der Waals surface area contributed by atoms with Crippen molar-refractivity contribution in [3.63, 3.8) is 0 Å². The number of hydrogen-bond donors (Lipinski definition) is 1. The van der Waals surface area contributed by atoms with Crippen molar-refractivity contribution in [2.24, 2.45) is 5.92 Å². The number of amides is 1. The minimum atomic E-state index is -0.513. The minimum Gasteiger partial charge on any atom is -0.336 e. The molecule has 1 aromatic carbocycles. The second-order valence-electron chi connectivity index (χ2n) is 5.60. The fourth-order valence-electron chi connectivity index (χ4n) is 2.24. The summed E-state index contributed by atoms with van der Waals surface area (Å²) in [5.74, 6) is -0.225. The van der Waals surface area contributed by atoms with Gasteiger partial charge in [-0.1, -0.05) is 19.9 Å². The maximum absolute atomic E-state index is 12.1. The van der Waals surface area contributed by atoms with Gasteiger partial charge in [-0.3, -0.25) is 14.9 Å². The van der Waals surface area contributed by atoms with Gasteiger partial charge in [-0.2, -0.15) is 5.26 Å². The van der Waals surface area contributed by atoms with Gasteiger partial charge in [0.05, 0.1) is 11.0 Å². The molecule has 0 radical (unpaired) electrons. The molecule has 0 saturated heterocycles. The molecule has 0 spiro atoms. The van der Waals surface area contributed by atoms with Crippen molar-refractivity contribution in [3.8, 4) is 6.07 Å². The average molecular weight is 287 g/mol. The lowest BCUT2D eigenvalue weighted by atomic mass is 9.99. The number of nitro benzene ring substituents is 1. The molecular formula is C15H17N3O3. The van der Waals surface area contributed by atoms with E-state index < -0.39 is 16.9 Å². The molecule has 0 aromatic heterocycles. The van der Waals surface area contributed by atoms with E-state index >= 15 is 0 Å². The molecule has 0 heterocycles. The van der Waals surface area contributed by atoms with Crippen LogP contribution in [0.3, 0.4) is 0 Å². The van der Waals surface area contributed by atoms with Gasteiger partial charge in [0.25, 0.3) is 11.6 Å². The van der Waals surface area contributed by atoms with E-state index in [1.165, 1.54) is 6.07 Å². The van der Waals surface area contributed by atoms with Crippen molar-refractivity contribution < 1.29 is 9.72 Å². The Balaban J connectivity index is 2.23. The predicted molar refractivity (Wildman–Crippen MR) is 76.8 cm³/mol. The summed E-state index contributed by atoms with van der Waals surface area (Å²) in [6, 6.07) is 6.01. The van der Waals surface area contributed by atoms with Gasteiger partial charge < -0.3 is 5.32 Å². The molecule has 0 unspecified atom stereocenters. The van der Waals surface area contributed by atoms with Crippen molar-refractivity contribution in [1.29, 1.82) is 5.26 Å². The van der Waals surface area contributed by atoms with E-state index in [1.54, 1.807) is 12.1 Å². The number of nitrogens with one attached hydrogen (secondary N) is 1. The first-order valence-corrected chi connectivity index (χ1v) is 6.93. The van der Waals surface area contributed by atoms with Crippen LogP contribution in [-0.2, 0) is 0 Å². The van der Waals surface area contributed by atoms with Crippen LogP contribution in [0.2, 0.25) is 0 Å². The molecule has 1 saturated carbocycles. The van der Waals surface area contributed by atoms with Crippen molar-refractivity contribution in [1.82, 2.24) is 5.32 Å². The van der Waals surface area contributed by atoms with E-state index in [2.05, 4.69) is 11.4 Å². The van der Waals surface area contributed by atoms with Gasteiger partial charge in [0, 0.05) is 17.2 Å². The third-order valence-corrected chi connectivity index (χ3v) is 3.63. The van der Waals surface area contributed by atoms with Crippen LogP contribution in [0, 0.1) is 27.4 Å². The molecule has 1 N–H and O–H groups in total. The number of carbonyl (C=O) groups is 1. The second-order valence-corrected chi connectivity index (χ2v) is 5.60. The molecule has 6 nitrogen and oxygen atoms in total. The molecule has 0 aliphatic heterocycles. The zero-order valence-corrected chi connectivity index (χ0v) is 12.0. The van der Waals surface area contributed by atoms with Crippen LogP contribution >= 0.6 is 0 Å². The Kier molecular flexibility index (Phi) is 4.22. The monoisotopic (exact) mass is 287 g/mol. The summed E-state index contributed by atoms with van der Waals surface area (Å²) >= 11 is 0. The SMILES string of the molecule is CC(C)c1ccc(C(=O)N[C@@H](C#N)C2CC2)cc1[N+](=O)[O-]. The number of rotatable bonds is 5. The Hall–Kier alpha value is -2.42. The van der Waals surface area contributed by atoms with Gasteiger partial charge in [0.15, 0.2) is 0 Å². The van der Waals surface area contributed by atoms with Crippen LogP contribution in [0.5, 0.6) is 0 Å². The van der Waals surface area contributed by atoms with E-state index in [0.29, 0.717) is 5.56 Å². The molecule has 1 amide bonds. The summed E-state index contributed by atoms with van der Waals surface area (Å²) in [5, 5.41) is 22.8. The first-order chi connectivity index (χ1) is 9.93. The Labute approximate surface area is 122 Å². The quantitative estimate of drug-likeness (QED) is 0.665. The Morgan fingerprint density at radius 1 is 1.48 bits per heavy atom. The lowest BCUT2D eigenvalue weighted by Crippen LogP contribution is -2.35. The minimum absolute atomic E-state index is 0.000771. The number of nitrogens with zero attached hydrogens (tertiary/aromatic N) is 2. The summed E-state index contributed by atoms with van der Waals surface area (Å²) in [6.07, 6.45) is 1.87. The van der Waals surface area contributed by atoms with Crippen molar-refractivity contribution in [2.75, 3.05) is 0 Å². The smallest absolute Gasteiger partial charge is 0.273 e. The number of nitro groups is 1. The van der Waals surface area contributed by atoms with Crippen LogP contribution in [0.1, 0.15) is 48.5 Å². The summed E-state index contributed by atoms with van der Waals surface area (Å²) in [4.78, 5) is 22.8. The molecule has 1 aliphatic rings. The van der Waals surface area contributed by atoms with Gasteiger partial charge in [-0.15, -0.1) is 0 Å². The first-order valence-electron chi connectivity index (χ1n) is 6.93. The molecule has 2 rings (SSSR count). The molecule has 110 valence electrons. The highest BCUT2D eigenvalue weighted by Crippen LogP contribution is 2.32. The lowest BCUT2D eigenvalue weighted by Gasteiger charge is -2.12. The number of nitriles is 1. The first kappa shape index (κ1) is 15.0. The molecule has 1 aliphatic carbocycles. The average Bonchev–Trinajstić information content (AvgIpc) is 3.28. The van der Waals surface area contributed by atoms with Gasteiger partial charge in [-0.05, 0) is 30.7 Å². The molecule has 1 fully saturated rings. The topological polar surface area (TPSA) is 96.0 Å². The summed E-state index contributed by atoms with van der Waals surface area (Å²) in [5.41, 5.74) is 0.750. The zero-order chi connectivity index (χ0) is 15.6. The molecule has 1 atom stereocenters. The Morgan fingerprint density at radius 3 is 2.62 bits per heavy atom. The standard InChI is InChI=1S/C15H17N3O3/c1-9(2)12-6-5-11(7-14(12)18(20)21)15(19)17-13(8-16)10-3-4-10/h5-7,9-10,13H,3-4H2,1-2H3,(H,17,19)/t13-/m0/s1. The maximum Gasteiger partial charge on any atom is 0.273 e. The fraction of sp³-hybridized carbons (Fsp3) is 0.467. The molecule has 6 heteroatoms.